The SMILES string of the molecule is CC(C)c1ccc[cH-]1.CN(C)c1[c-]c2c(cc1)-c1ccccc1C2.[Cl-].[Cl-].[Zr+4]. The third-order valence-electron chi connectivity index (χ3n) is 4.52. The number of anilines is 1. The van der Waals surface area contributed by atoms with Crippen molar-refractivity contribution in [1.82, 2.24) is 0 Å². The fraction of sp³-hybridized carbons (Fsp3) is 0.261. The fourth-order valence-electron chi connectivity index (χ4n) is 3.08. The van der Waals surface area contributed by atoms with E-state index >= 15 is 0 Å². The molecule has 0 aliphatic heterocycles. The molecule has 0 radical (unpaired) electrons. The molecule has 140 valence electrons. The van der Waals surface area contributed by atoms with Crippen LogP contribution in [0.5, 0.6) is 0 Å². The summed E-state index contributed by atoms with van der Waals surface area (Å²) in [7, 11) is 4.11. The molecule has 1 aliphatic carbocycles. The molecule has 0 N–H and O–H groups in total. The van der Waals surface area contributed by atoms with E-state index in [4.69, 9.17) is 0 Å². The summed E-state index contributed by atoms with van der Waals surface area (Å²) in [6, 6.07) is 24.9. The first-order chi connectivity index (χ1) is 11.6. The Kier molecular flexibility index (Phi) is 11.4. The van der Waals surface area contributed by atoms with Crippen molar-refractivity contribution in [3.8, 4) is 11.1 Å². The number of hydrogen-bond acceptors (Lipinski definition) is 1. The third kappa shape index (κ3) is 6.28. The van der Waals surface area contributed by atoms with Gasteiger partial charge in [-0.2, -0.15) is 29.8 Å². The molecular weight excluding hydrogens is 452 g/mol. The minimum Gasteiger partial charge on any atom is -1.00 e. The zero-order chi connectivity index (χ0) is 17.1. The van der Waals surface area contributed by atoms with E-state index in [0.717, 1.165) is 12.1 Å². The number of benzene rings is 2. The van der Waals surface area contributed by atoms with Crippen LogP contribution < -0.4 is 29.7 Å². The molecule has 0 saturated carbocycles. The monoisotopic (exact) mass is 475 g/mol. The van der Waals surface area contributed by atoms with Gasteiger partial charge in [0.25, 0.3) is 0 Å². The van der Waals surface area contributed by atoms with Gasteiger partial charge in [0.2, 0.25) is 0 Å². The Bertz CT molecular complexity index is 811. The molecule has 27 heavy (non-hydrogen) atoms. The van der Waals surface area contributed by atoms with Crippen LogP contribution in [0.2, 0.25) is 0 Å². The predicted molar refractivity (Wildman–Crippen MR) is 104 cm³/mol. The average molecular weight is 478 g/mol. The van der Waals surface area contributed by atoms with Gasteiger partial charge in [0, 0.05) is 14.1 Å². The van der Waals surface area contributed by atoms with E-state index in [1.165, 1.54) is 27.8 Å². The van der Waals surface area contributed by atoms with Gasteiger partial charge in [0.15, 0.2) is 0 Å². The van der Waals surface area contributed by atoms with Crippen molar-refractivity contribution < 1.29 is 51.0 Å². The number of nitrogens with zero attached hydrogens (tertiary/aromatic N) is 1. The molecule has 1 nitrogen and oxygen atoms in total. The third-order valence-corrected chi connectivity index (χ3v) is 4.52. The molecule has 0 unspecified atom stereocenters. The van der Waals surface area contributed by atoms with E-state index in [1.807, 2.05) is 0 Å². The van der Waals surface area contributed by atoms with Gasteiger partial charge in [-0.1, -0.05) is 54.9 Å². The summed E-state index contributed by atoms with van der Waals surface area (Å²) >= 11 is 0. The molecule has 0 aromatic heterocycles. The standard InChI is InChI=1S/C15H14N.C8H11.2ClH.Zr/c1-16(2)13-7-8-15-12(10-13)9-11-5-3-4-6-14(11)15;1-7(2)8-5-3-4-6-8;;;/h3-8H,9H2,1-2H3;3-7H,1-2H3;2*1H;/q2*-1;;;+4/p-2. The van der Waals surface area contributed by atoms with Crippen LogP contribution in [0.15, 0.2) is 60.7 Å². The minimum absolute atomic E-state index is 0. The van der Waals surface area contributed by atoms with Crippen molar-refractivity contribution >= 4 is 5.69 Å². The molecule has 3 aromatic rings. The Morgan fingerprint density at radius 2 is 1.63 bits per heavy atom. The van der Waals surface area contributed by atoms with Gasteiger partial charge in [-0.05, 0) is 12.3 Å². The first-order valence-electron chi connectivity index (χ1n) is 8.58. The first-order valence-corrected chi connectivity index (χ1v) is 8.58. The van der Waals surface area contributed by atoms with Crippen LogP contribution in [0.4, 0.5) is 5.69 Å². The molecule has 0 spiro atoms. The van der Waals surface area contributed by atoms with Gasteiger partial charge in [-0.25, -0.2) is 12.1 Å². The largest absolute Gasteiger partial charge is 4.00 e. The summed E-state index contributed by atoms with van der Waals surface area (Å²) in [4.78, 5) is 2.10. The Morgan fingerprint density at radius 1 is 0.926 bits per heavy atom. The van der Waals surface area contributed by atoms with E-state index in [-0.39, 0.29) is 51.0 Å². The van der Waals surface area contributed by atoms with Crippen LogP contribution in [0.1, 0.15) is 36.5 Å². The van der Waals surface area contributed by atoms with Crippen molar-refractivity contribution in [3.05, 3.63) is 83.4 Å². The zero-order valence-electron chi connectivity index (χ0n) is 16.3. The fourth-order valence-corrected chi connectivity index (χ4v) is 3.08. The van der Waals surface area contributed by atoms with Crippen molar-refractivity contribution in [1.29, 1.82) is 0 Å². The number of halogens is 2. The van der Waals surface area contributed by atoms with Crippen molar-refractivity contribution in [2.45, 2.75) is 26.2 Å². The van der Waals surface area contributed by atoms with Crippen LogP contribution in [-0.4, -0.2) is 14.1 Å². The van der Waals surface area contributed by atoms with Gasteiger partial charge in [0.05, 0.1) is 0 Å². The Morgan fingerprint density at radius 3 is 2.19 bits per heavy atom. The summed E-state index contributed by atoms with van der Waals surface area (Å²) in [5.74, 6) is 0.685. The molecule has 4 heteroatoms. The van der Waals surface area contributed by atoms with Crippen LogP contribution in [0.25, 0.3) is 11.1 Å². The van der Waals surface area contributed by atoms with Crippen molar-refractivity contribution in [3.63, 3.8) is 0 Å². The van der Waals surface area contributed by atoms with Crippen LogP contribution in [-0.2, 0) is 32.6 Å². The van der Waals surface area contributed by atoms with E-state index in [0.29, 0.717) is 5.92 Å². The molecule has 4 rings (SSSR count). The molecule has 0 heterocycles. The van der Waals surface area contributed by atoms with E-state index in [1.54, 1.807) is 0 Å². The minimum atomic E-state index is 0. The van der Waals surface area contributed by atoms with Gasteiger partial charge in [-0.15, -0.1) is 17.2 Å². The second-order valence-electron chi connectivity index (χ2n) is 6.84. The molecule has 0 saturated heterocycles. The molecule has 3 aromatic carbocycles. The van der Waals surface area contributed by atoms with Gasteiger partial charge >= 0.3 is 26.2 Å². The maximum atomic E-state index is 3.50. The molecule has 1 aliphatic rings. The van der Waals surface area contributed by atoms with E-state index in [9.17, 15) is 0 Å². The molecule has 0 atom stereocenters. The molecule has 0 fully saturated rings. The summed E-state index contributed by atoms with van der Waals surface area (Å²) in [6.45, 7) is 4.41. The number of rotatable bonds is 2. The van der Waals surface area contributed by atoms with Crippen molar-refractivity contribution in [2.24, 2.45) is 0 Å². The van der Waals surface area contributed by atoms with Crippen LogP contribution in [0.3, 0.4) is 0 Å². The zero-order valence-corrected chi connectivity index (χ0v) is 20.2. The topological polar surface area (TPSA) is 3.24 Å². The molecule has 0 bridgehead atoms. The summed E-state index contributed by atoms with van der Waals surface area (Å²) in [5.41, 5.74) is 8.06. The Hall–Kier alpha value is -0.947. The van der Waals surface area contributed by atoms with E-state index < -0.39 is 0 Å². The maximum absolute atomic E-state index is 3.50. The predicted octanol–water partition coefficient (Wildman–Crippen LogP) is -0.342. The average Bonchev–Trinajstić information content (AvgIpc) is 3.22. The van der Waals surface area contributed by atoms with Crippen molar-refractivity contribution in [2.75, 3.05) is 19.0 Å². The van der Waals surface area contributed by atoms with E-state index in [2.05, 4.69) is 99.6 Å². The molecule has 0 amide bonds. The first kappa shape index (κ1) is 26.1. The Balaban J connectivity index is 0.000000535. The summed E-state index contributed by atoms with van der Waals surface area (Å²) in [5, 5.41) is 0. The number of hydrogen-bond donors (Lipinski definition) is 0. The number of fused-ring (bicyclic) bond motifs is 3. The summed E-state index contributed by atoms with van der Waals surface area (Å²) in [6.07, 6.45) is 1.02. The van der Waals surface area contributed by atoms with Crippen LogP contribution in [0, 0.1) is 6.07 Å². The summed E-state index contributed by atoms with van der Waals surface area (Å²) < 4.78 is 0. The van der Waals surface area contributed by atoms with Gasteiger partial charge in [-0.3, -0.25) is 0 Å². The molecular formula is C23H25Cl2NZr. The van der Waals surface area contributed by atoms with Crippen LogP contribution >= 0.6 is 0 Å². The second kappa shape index (κ2) is 11.8. The maximum Gasteiger partial charge on any atom is 4.00 e. The van der Waals surface area contributed by atoms with Gasteiger partial charge in [0.1, 0.15) is 0 Å². The normalized spacial score (nSPS) is 10.3. The van der Waals surface area contributed by atoms with Gasteiger partial charge < -0.3 is 29.7 Å². The second-order valence-corrected chi connectivity index (χ2v) is 6.84. The quantitative estimate of drug-likeness (QED) is 0.357. The smallest absolute Gasteiger partial charge is 1.00 e. The Labute approximate surface area is 195 Å².